The van der Waals surface area contributed by atoms with Crippen molar-refractivity contribution in [2.24, 2.45) is 0 Å². The Hall–Kier alpha value is -1.38. The first-order chi connectivity index (χ1) is 8.19. The first kappa shape index (κ1) is 10.8. The molecule has 90 valence electrons. The largest absolute Gasteiger partial charge is 0.341 e. The smallest absolute Gasteiger partial charge is 0.151 e. The van der Waals surface area contributed by atoms with Crippen molar-refractivity contribution in [2.45, 2.75) is 44.4 Å². The molecule has 3 heteroatoms. The molecule has 0 aliphatic heterocycles. The molecule has 0 radical (unpaired) electrons. The van der Waals surface area contributed by atoms with Crippen molar-refractivity contribution >= 4 is 11.0 Å². The van der Waals surface area contributed by atoms with Crippen LogP contribution in [0.25, 0.3) is 11.0 Å². The minimum absolute atomic E-state index is 0.101. The zero-order valence-corrected chi connectivity index (χ0v) is 10.1. The van der Waals surface area contributed by atoms with Crippen molar-refractivity contribution in [2.75, 3.05) is 0 Å². The van der Waals surface area contributed by atoms with Gasteiger partial charge in [-0.05, 0) is 25.0 Å². The lowest BCUT2D eigenvalue weighted by Crippen LogP contribution is -2.26. The number of H-pyrrole nitrogens is 1. The number of hydrogen-bond donors (Lipinski definition) is 1. The number of nitrogens with zero attached hydrogens (tertiary/aromatic N) is 1. The van der Waals surface area contributed by atoms with E-state index in [4.69, 9.17) is 0 Å². The van der Waals surface area contributed by atoms with Gasteiger partial charge in [0.25, 0.3) is 0 Å². The van der Waals surface area contributed by atoms with Gasteiger partial charge in [-0.15, -0.1) is 0 Å². The fourth-order valence-corrected chi connectivity index (χ4v) is 2.85. The third-order valence-corrected chi connectivity index (χ3v) is 3.99. The summed E-state index contributed by atoms with van der Waals surface area (Å²) in [6, 6.07) is 5.08. The highest BCUT2D eigenvalue weighted by Gasteiger charge is 2.31. The lowest BCUT2D eigenvalue weighted by atomic mass is 9.75. The number of para-hydroxylation sites is 1. The second-order valence-corrected chi connectivity index (χ2v) is 5.34. The highest BCUT2D eigenvalue weighted by molar-refractivity contribution is 5.75. The zero-order valence-electron chi connectivity index (χ0n) is 10.1. The fraction of sp³-hybridized carbons (Fsp3) is 0.500. The van der Waals surface area contributed by atoms with E-state index in [0.29, 0.717) is 5.52 Å². The summed E-state index contributed by atoms with van der Waals surface area (Å²) < 4.78 is 13.6. The average Bonchev–Trinajstić information content (AvgIpc) is 2.76. The van der Waals surface area contributed by atoms with Gasteiger partial charge in [-0.3, -0.25) is 0 Å². The van der Waals surface area contributed by atoms with Crippen molar-refractivity contribution in [3.63, 3.8) is 0 Å². The lowest BCUT2D eigenvalue weighted by molar-refractivity contribution is 0.306. The van der Waals surface area contributed by atoms with E-state index in [1.165, 1.54) is 25.3 Å². The Labute approximate surface area is 100 Å². The molecule has 2 aromatic rings. The van der Waals surface area contributed by atoms with Crippen LogP contribution in [0.2, 0.25) is 0 Å². The van der Waals surface area contributed by atoms with Crippen LogP contribution < -0.4 is 0 Å². The Bertz CT molecular complexity index is 538. The first-order valence-corrected chi connectivity index (χ1v) is 6.34. The molecule has 1 heterocycles. The standard InChI is InChI=1S/C14H17FN2/c1-14(8-3-2-4-9-14)13-16-11-7-5-6-10(15)12(11)17-13/h5-7H,2-4,8-9H2,1H3,(H,16,17). The molecule has 1 fully saturated rings. The van der Waals surface area contributed by atoms with E-state index in [0.717, 1.165) is 24.2 Å². The second kappa shape index (κ2) is 3.83. The summed E-state index contributed by atoms with van der Waals surface area (Å²) in [5, 5.41) is 0. The van der Waals surface area contributed by atoms with Crippen LogP contribution in [0.15, 0.2) is 18.2 Å². The molecule has 0 unspecified atom stereocenters. The maximum absolute atomic E-state index is 13.6. The van der Waals surface area contributed by atoms with Gasteiger partial charge >= 0.3 is 0 Å². The monoisotopic (exact) mass is 232 g/mol. The van der Waals surface area contributed by atoms with Gasteiger partial charge in [-0.1, -0.05) is 32.3 Å². The third-order valence-electron chi connectivity index (χ3n) is 3.99. The van der Waals surface area contributed by atoms with E-state index in [-0.39, 0.29) is 11.2 Å². The third kappa shape index (κ3) is 1.74. The molecule has 1 N–H and O–H groups in total. The van der Waals surface area contributed by atoms with Crippen molar-refractivity contribution in [3.05, 3.63) is 29.8 Å². The molecule has 1 aromatic heterocycles. The van der Waals surface area contributed by atoms with Crippen LogP contribution in [0.1, 0.15) is 44.9 Å². The van der Waals surface area contributed by atoms with E-state index in [1.807, 2.05) is 6.07 Å². The Morgan fingerprint density at radius 3 is 2.71 bits per heavy atom. The number of rotatable bonds is 1. The van der Waals surface area contributed by atoms with Gasteiger partial charge in [0, 0.05) is 5.41 Å². The predicted octanol–water partition coefficient (Wildman–Crippen LogP) is 3.92. The minimum atomic E-state index is -0.232. The Kier molecular flexibility index (Phi) is 2.42. The number of halogens is 1. The van der Waals surface area contributed by atoms with Crippen LogP contribution >= 0.6 is 0 Å². The highest BCUT2D eigenvalue weighted by atomic mass is 19.1. The molecule has 17 heavy (non-hydrogen) atoms. The SMILES string of the molecule is CC1(c2nc3c(F)cccc3[nH]2)CCCCC1. The van der Waals surface area contributed by atoms with Crippen LogP contribution in [0.3, 0.4) is 0 Å². The van der Waals surface area contributed by atoms with E-state index in [1.54, 1.807) is 6.07 Å². The summed E-state index contributed by atoms with van der Waals surface area (Å²) in [4.78, 5) is 7.77. The molecule has 0 bridgehead atoms. The van der Waals surface area contributed by atoms with Gasteiger partial charge in [0.1, 0.15) is 11.3 Å². The Balaban J connectivity index is 2.08. The number of fused-ring (bicyclic) bond motifs is 1. The molecule has 2 nitrogen and oxygen atoms in total. The van der Waals surface area contributed by atoms with Gasteiger partial charge in [0.05, 0.1) is 5.52 Å². The molecule has 1 aromatic carbocycles. The molecule has 0 atom stereocenters. The van der Waals surface area contributed by atoms with E-state index in [2.05, 4.69) is 16.9 Å². The molecule has 1 saturated carbocycles. The molecular weight excluding hydrogens is 215 g/mol. The van der Waals surface area contributed by atoms with Crippen LogP contribution in [-0.2, 0) is 5.41 Å². The van der Waals surface area contributed by atoms with Gasteiger partial charge in [0.2, 0.25) is 0 Å². The van der Waals surface area contributed by atoms with Gasteiger partial charge in [0.15, 0.2) is 5.82 Å². The predicted molar refractivity (Wildman–Crippen MR) is 66.5 cm³/mol. The normalized spacial score (nSPS) is 19.6. The Morgan fingerprint density at radius 1 is 1.24 bits per heavy atom. The molecule has 0 spiro atoms. The lowest BCUT2D eigenvalue weighted by Gasteiger charge is -2.31. The van der Waals surface area contributed by atoms with Crippen molar-refractivity contribution in [1.29, 1.82) is 0 Å². The summed E-state index contributed by atoms with van der Waals surface area (Å²) in [5.41, 5.74) is 1.39. The van der Waals surface area contributed by atoms with Gasteiger partial charge < -0.3 is 4.98 Å². The molecule has 3 rings (SSSR count). The maximum atomic E-state index is 13.6. The second-order valence-electron chi connectivity index (χ2n) is 5.34. The molecule has 1 aliphatic carbocycles. The minimum Gasteiger partial charge on any atom is -0.341 e. The Morgan fingerprint density at radius 2 is 2.00 bits per heavy atom. The zero-order chi connectivity index (χ0) is 11.9. The van der Waals surface area contributed by atoms with Crippen LogP contribution in [-0.4, -0.2) is 9.97 Å². The van der Waals surface area contributed by atoms with Crippen molar-refractivity contribution in [1.82, 2.24) is 9.97 Å². The first-order valence-electron chi connectivity index (χ1n) is 6.34. The number of benzene rings is 1. The number of imidazole rings is 1. The number of aromatic amines is 1. The number of nitrogens with one attached hydrogen (secondary N) is 1. The quantitative estimate of drug-likeness (QED) is 0.793. The van der Waals surface area contributed by atoms with Crippen molar-refractivity contribution < 1.29 is 4.39 Å². The molecular formula is C14H17FN2. The average molecular weight is 232 g/mol. The topological polar surface area (TPSA) is 28.7 Å². The van der Waals surface area contributed by atoms with Gasteiger partial charge in [-0.25, -0.2) is 9.37 Å². The van der Waals surface area contributed by atoms with Crippen LogP contribution in [0.5, 0.6) is 0 Å². The maximum Gasteiger partial charge on any atom is 0.151 e. The summed E-state index contributed by atoms with van der Waals surface area (Å²) in [5.74, 6) is 0.724. The van der Waals surface area contributed by atoms with Gasteiger partial charge in [-0.2, -0.15) is 0 Å². The van der Waals surface area contributed by atoms with E-state index in [9.17, 15) is 4.39 Å². The van der Waals surface area contributed by atoms with Crippen molar-refractivity contribution in [3.8, 4) is 0 Å². The molecule has 1 aliphatic rings. The number of hydrogen-bond acceptors (Lipinski definition) is 1. The molecule has 0 amide bonds. The van der Waals surface area contributed by atoms with E-state index >= 15 is 0 Å². The molecule has 0 saturated heterocycles. The fourth-order valence-electron chi connectivity index (χ4n) is 2.85. The van der Waals surface area contributed by atoms with E-state index < -0.39 is 0 Å². The summed E-state index contributed by atoms with van der Waals surface area (Å²) >= 11 is 0. The summed E-state index contributed by atoms with van der Waals surface area (Å²) in [6.07, 6.45) is 6.10. The highest BCUT2D eigenvalue weighted by Crippen LogP contribution is 2.38. The van der Waals surface area contributed by atoms with Crippen LogP contribution in [0.4, 0.5) is 4.39 Å². The van der Waals surface area contributed by atoms with Crippen LogP contribution in [0, 0.1) is 5.82 Å². The summed E-state index contributed by atoms with van der Waals surface area (Å²) in [6.45, 7) is 2.24. The number of aromatic nitrogens is 2. The summed E-state index contributed by atoms with van der Waals surface area (Å²) in [7, 11) is 0.